The number of halogens is 1. The van der Waals surface area contributed by atoms with Crippen molar-refractivity contribution in [1.29, 1.82) is 0 Å². The fourth-order valence-corrected chi connectivity index (χ4v) is 4.06. The summed E-state index contributed by atoms with van der Waals surface area (Å²) >= 11 is 1.76. The van der Waals surface area contributed by atoms with Crippen LogP contribution in [0.1, 0.15) is 24.1 Å². The lowest BCUT2D eigenvalue weighted by molar-refractivity contribution is 0.254. The van der Waals surface area contributed by atoms with Crippen LogP contribution in [-0.2, 0) is 6.54 Å². The lowest BCUT2D eigenvalue weighted by Crippen LogP contribution is -2.21. The Morgan fingerprint density at radius 3 is 2.81 bits per heavy atom. The van der Waals surface area contributed by atoms with Crippen molar-refractivity contribution in [2.24, 2.45) is 0 Å². The van der Waals surface area contributed by atoms with Crippen LogP contribution >= 0.6 is 11.3 Å². The molecule has 1 N–H and O–H groups in total. The Bertz CT molecular complexity index is 1020. The Morgan fingerprint density at radius 1 is 1.12 bits per heavy atom. The van der Waals surface area contributed by atoms with E-state index in [9.17, 15) is 4.39 Å². The Balaban J connectivity index is 1.57. The molecular formula is C22H21FN2S. The second kappa shape index (κ2) is 7.06. The maximum Gasteiger partial charge on any atom is 0.123 e. The van der Waals surface area contributed by atoms with Crippen molar-refractivity contribution in [3.8, 4) is 10.4 Å². The minimum atomic E-state index is -0.197. The van der Waals surface area contributed by atoms with Gasteiger partial charge in [0.25, 0.3) is 0 Å². The van der Waals surface area contributed by atoms with Crippen LogP contribution in [0.25, 0.3) is 21.3 Å². The standard InChI is InChI=1S/C22H21FN2S/c1-15(16-5-3-6-17(11-16)22-7-4-10-26-22)25(2)14-18-13-24-21-9-8-19(23)12-20(18)21/h3-13,15,24H,14H2,1-2H3/t15-/m1/s1. The van der Waals surface area contributed by atoms with Crippen LogP contribution in [0.4, 0.5) is 4.39 Å². The average Bonchev–Trinajstić information content (AvgIpc) is 3.32. The van der Waals surface area contributed by atoms with Crippen LogP contribution in [0.3, 0.4) is 0 Å². The summed E-state index contributed by atoms with van der Waals surface area (Å²) in [4.78, 5) is 6.81. The third-order valence-corrected chi connectivity index (χ3v) is 5.90. The van der Waals surface area contributed by atoms with Crippen LogP contribution in [-0.4, -0.2) is 16.9 Å². The highest BCUT2D eigenvalue weighted by Crippen LogP contribution is 2.30. The predicted octanol–water partition coefficient (Wildman–Crippen LogP) is 6.23. The fraction of sp³-hybridized carbons (Fsp3) is 0.182. The van der Waals surface area contributed by atoms with Crippen molar-refractivity contribution < 1.29 is 4.39 Å². The van der Waals surface area contributed by atoms with Crippen LogP contribution < -0.4 is 0 Å². The Hall–Kier alpha value is -2.43. The highest BCUT2D eigenvalue weighted by atomic mass is 32.1. The van der Waals surface area contributed by atoms with E-state index < -0.39 is 0 Å². The Kier molecular flexibility index (Phi) is 4.62. The zero-order valence-corrected chi connectivity index (χ0v) is 15.7. The number of nitrogens with zero attached hydrogens (tertiary/aromatic N) is 1. The number of hydrogen-bond acceptors (Lipinski definition) is 2. The Morgan fingerprint density at radius 2 is 2.00 bits per heavy atom. The average molecular weight is 364 g/mol. The first kappa shape index (κ1) is 17.0. The number of aromatic amines is 1. The lowest BCUT2D eigenvalue weighted by atomic mass is 10.0. The molecular weight excluding hydrogens is 343 g/mol. The van der Waals surface area contributed by atoms with E-state index in [2.05, 4.69) is 65.6 Å². The van der Waals surface area contributed by atoms with Gasteiger partial charge in [0, 0.05) is 34.6 Å². The first-order valence-corrected chi connectivity index (χ1v) is 9.59. The summed E-state index contributed by atoms with van der Waals surface area (Å²) in [6.07, 6.45) is 1.98. The molecule has 0 saturated heterocycles. The number of thiophene rings is 1. The monoisotopic (exact) mass is 364 g/mol. The molecule has 0 aliphatic carbocycles. The summed E-state index contributed by atoms with van der Waals surface area (Å²) in [5, 5.41) is 3.06. The molecule has 4 aromatic rings. The normalized spacial score (nSPS) is 12.8. The third kappa shape index (κ3) is 3.30. The molecule has 2 heterocycles. The quantitative estimate of drug-likeness (QED) is 0.445. The van der Waals surface area contributed by atoms with Gasteiger partial charge in [0.2, 0.25) is 0 Å². The molecule has 0 spiro atoms. The van der Waals surface area contributed by atoms with Crippen LogP contribution in [0.5, 0.6) is 0 Å². The van der Waals surface area contributed by atoms with E-state index >= 15 is 0 Å². The number of benzene rings is 2. The lowest BCUT2D eigenvalue weighted by Gasteiger charge is -2.25. The van der Waals surface area contributed by atoms with Crippen molar-refractivity contribution in [3.63, 3.8) is 0 Å². The van der Waals surface area contributed by atoms with E-state index in [-0.39, 0.29) is 11.9 Å². The molecule has 26 heavy (non-hydrogen) atoms. The Labute approximate surface area is 156 Å². The van der Waals surface area contributed by atoms with Crippen LogP contribution in [0, 0.1) is 5.82 Å². The van der Waals surface area contributed by atoms with Gasteiger partial charge >= 0.3 is 0 Å². The zero-order valence-electron chi connectivity index (χ0n) is 14.9. The zero-order chi connectivity index (χ0) is 18.1. The molecule has 0 saturated carbocycles. The van der Waals surface area contributed by atoms with Crippen LogP contribution in [0.2, 0.25) is 0 Å². The van der Waals surface area contributed by atoms with Gasteiger partial charge < -0.3 is 4.98 Å². The van der Waals surface area contributed by atoms with Gasteiger partial charge in [0.05, 0.1) is 0 Å². The second-order valence-corrected chi connectivity index (χ2v) is 7.65. The topological polar surface area (TPSA) is 19.0 Å². The van der Waals surface area contributed by atoms with Crippen molar-refractivity contribution in [1.82, 2.24) is 9.88 Å². The number of aromatic nitrogens is 1. The number of hydrogen-bond donors (Lipinski definition) is 1. The van der Waals surface area contributed by atoms with Crippen molar-refractivity contribution in [2.75, 3.05) is 7.05 Å². The van der Waals surface area contributed by atoms with Gasteiger partial charge in [-0.1, -0.05) is 24.3 Å². The summed E-state index contributed by atoms with van der Waals surface area (Å²) < 4.78 is 13.6. The minimum Gasteiger partial charge on any atom is -0.361 e. The molecule has 1 atom stereocenters. The maximum atomic E-state index is 13.6. The number of rotatable bonds is 5. The highest BCUT2D eigenvalue weighted by molar-refractivity contribution is 7.13. The molecule has 4 rings (SSSR count). The summed E-state index contributed by atoms with van der Waals surface area (Å²) in [6.45, 7) is 2.97. The van der Waals surface area contributed by atoms with E-state index in [1.165, 1.54) is 22.1 Å². The first-order chi connectivity index (χ1) is 12.6. The van der Waals surface area contributed by atoms with Gasteiger partial charge in [-0.25, -0.2) is 4.39 Å². The van der Waals surface area contributed by atoms with Gasteiger partial charge in [0.1, 0.15) is 5.82 Å². The summed E-state index contributed by atoms with van der Waals surface area (Å²) in [5.74, 6) is -0.197. The summed E-state index contributed by atoms with van der Waals surface area (Å²) in [6, 6.07) is 18.1. The molecule has 2 aromatic carbocycles. The molecule has 0 aliphatic heterocycles. The van der Waals surface area contributed by atoms with Gasteiger partial charge in [-0.2, -0.15) is 0 Å². The SMILES string of the molecule is C[C@H](c1cccc(-c2cccs2)c1)N(C)Cc1c[nH]c2ccc(F)cc12. The molecule has 4 heteroatoms. The van der Waals surface area contributed by atoms with Crippen molar-refractivity contribution >= 4 is 22.2 Å². The molecule has 0 fully saturated rings. The van der Waals surface area contributed by atoms with Gasteiger partial charge in [-0.15, -0.1) is 11.3 Å². The maximum absolute atomic E-state index is 13.6. The second-order valence-electron chi connectivity index (χ2n) is 6.70. The molecule has 0 radical (unpaired) electrons. The predicted molar refractivity (Wildman–Crippen MR) is 108 cm³/mol. The smallest absolute Gasteiger partial charge is 0.123 e. The van der Waals surface area contributed by atoms with E-state index in [1.807, 2.05) is 6.20 Å². The van der Waals surface area contributed by atoms with Crippen LogP contribution in [0.15, 0.2) is 66.2 Å². The largest absolute Gasteiger partial charge is 0.361 e. The molecule has 132 valence electrons. The molecule has 0 aliphatic rings. The fourth-order valence-electron chi connectivity index (χ4n) is 3.34. The molecule has 0 amide bonds. The number of nitrogens with one attached hydrogen (secondary N) is 1. The van der Waals surface area contributed by atoms with Gasteiger partial charge in [-0.3, -0.25) is 4.90 Å². The van der Waals surface area contributed by atoms with E-state index in [0.717, 1.165) is 23.0 Å². The highest BCUT2D eigenvalue weighted by Gasteiger charge is 2.15. The molecule has 2 nitrogen and oxygen atoms in total. The number of fused-ring (bicyclic) bond motifs is 1. The van der Waals surface area contributed by atoms with Gasteiger partial charge in [-0.05, 0) is 66.4 Å². The third-order valence-electron chi connectivity index (χ3n) is 4.99. The molecule has 0 unspecified atom stereocenters. The molecule has 2 aromatic heterocycles. The van der Waals surface area contributed by atoms with E-state index in [1.54, 1.807) is 23.5 Å². The minimum absolute atomic E-state index is 0.197. The van der Waals surface area contributed by atoms with Crippen molar-refractivity contribution in [2.45, 2.75) is 19.5 Å². The van der Waals surface area contributed by atoms with E-state index in [4.69, 9.17) is 0 Å². The summed E-state index contributed by atoms with van der Waals surface area (Å²) in [7, 11) is 2.11. The molecule has 0 bridgehead atoms. The van der Waals surface area contributed by atoms with Crippen molar-refractivity contribution in [3.05, 3.63) is 83.1 Å². The summed E-state index contributed by atoms with van der Waals surface area (Å²) in [5.41, 5.74) is 4.63. The van der Waals surface area contributed by atoms with E-state index in [0.29, 0.717) is 0 Å². The first-order valence-electron chi connectivity index (χ1n) is 8.71. The van der Waals surface area contributed by atoms with Gasteiger partial charge in [0.15, 0.2) is 0 Å². The number of H-pyrrole nitrogens is 1.